The van der Waals surface area contributed by atoms with Crippen LogP contribution in [0.15, 0.2) is 23.9 Å². The van der Waals surface area contributed by atoms with Crippen molar-refractivity contribution in [3.05, 3.63) is 29.5 Å². The van der Waals surface area contributed by atoms with Gasteiger partial charge in [0.15, 0.2) is 0 Å². The molecule has 0 radical (unpaired) electrons. The lowest BCUT2D eigenvalue weighted by atomic mass is 9.76. The Hall–Kier alpha value is -1.57. The Morgan fingerprint density at radius 2 is 1.80 bits per heavy atom. The minimum atomic E-state index is -1.04. The summed E-state index contributed by atoms with van der Waals surface area (Å²) in [5, 5.41) is 12.9. The Kier molecular flexibility index (Phi) is 3.52. The first kappa shape index (κ1) is 16.9. The van der Waals surface area contributed by atoms with Crippen LogP contribution in [0.2, 0.25) is 0 Å². The number of halogens is 1. The first-order valence-electron chi connectivity index (χ1n) is 8.60. The molecule has 0 aliphatic carbocycles. The summed E-state index contributed by atoms with van der Waals surface area (Å²) in [6, 6.07) is 4.76. The van der Waals surface area contributed by atoms with Crippen LogP contribution in [0.5, 0.6) is 11.5 Å². The molecule has 3 aliphatic heterocycles. The second-order valence-electron chi connectivity index (χ2n) is 8.16. The standard InChI is InChI=1S/C18H23BFNO4/c1-16(2)17(3,4)25-19(24-16)15(20)13-8-18(9-21-10-18)23-14-7-11(22)5-6-12(13)14/h5-7,21-22H,8-10H2,1-4H3. The third-order valence-electron chi connectivity index (χ3n) is 5.76. The summed E-state index contributed by atoms with van der Waals surface area (Å²) in [4.78, 5) is 0. The normalized spacial score (nSPS) is 27.5. The largest absolute Gasteiger partial charge is 0.525 e. The lowest BCUT2D eigenvalue weighted by Crippen LogP contribution is -2.64. The highest BCUT2D eigenvalue weighted by molar-refractivity contribution is 6.55. The van der Waals surface area contributed by atoms with E-state index in [-0.39, 0.29) is 5.75 Å². The highest BCUT2D eigenvalue weighted by Crippen LogP contribution is 2.47. The molecule has 0 saturated carbocycles. The second kappa shape index (κ2) is 5.22. The van der Waals surface area contributed by atoms with Gasteiger partial charge in [0, 0.05) is 31.1 Å². The summed E-state index contributed by atoms with van der Waals surface area (Å²) in [7, 11) is -1.04. The number of aromatic hydroxyl groups is 1. The average molecular weight is 347 g/mol. The molecule has 3 aliphatic rings. The maximum atomic E-state index is 15.5. The summed E-state index contributed by atoms with van der Waals surface area (Å²) < 4.78 is 33.3. The van der Waals surface area contributed by atoms with Gasteiger partial charge in [-0.05, 0) is 45.4 Å². The van der Waals surface area contributed by atoms with E-state index in [0.717, 1.165) is 0 Å². The molecule has 1 aromatic rings. The van der Waals surface area contributed by atoms with Crippen LogP contribution in [0.25, 0.3) is 5.57 Å². The van der Waals surface area contributed by atoms with Gasteiger partial charge in [0.2, 0.25) is 0 Å². The van der Waals surface area contributed by atoms with E-state index in [1.807, 2.05) is 27.7 Å². The van der Waals surface area contributed by atoms with Gasteiger partial charge in [0.1, 0.15) is 22.8 Å². The van der Waals surface area contributed by atoms with Crippen LogP contribution in [0.4, 0.5) is 4.39 Å². The summed E-state index contributed by atoms with van der Waals surface area (Å²) in [5.41, 5.74) is -0.927. The zero-order valence-electron chi connectivity index (χ0n) is 15.0. The van der Waals surface area contributed by atoms with E-state index < -0.39 is 29.6 Å². The monoisotopic (exact) mass is 347 g/mol. The van der Waals surface area contributed by atoms with Crippen molar-refractivity contribution >= 4 is 12.7 Å². The number of benzene rings is 1. The van der Waals surface area contributed by atoms with Crippen molar-refractivity contribution in [2.75, 3.05) is 13.1 Å². The number of phenolic OH excluding ortho intramolecular Hbond substituents is 1. The van der Waals surface area contributed by atoms with Crippen molar-refractivity contribution in [1.29, 1.82) is 0 Å². The second-order valence-corrected chi connectivity index (χ2v) is 8.16. The topological polar surface area (TPSA) is 60.0 Å². The van der Waals surface area contributed by atoms with Crippen molar-refractivity contribution < 1.29 is 23.5 Å². The van der Waals surface area contributed by atoms with Crippen molar-refractivity contribution in [3.63, 3.8) is 0 Å². The molecule has 2 saturated heterocycles. The molecule has 5 nitrogen and oxygen atoms in total. The molecular formula is C18H23BFNO4. The first-order chi connectivity index (χ1) is 11.6. The Morgan fingerprint density at radius 1 is 1.16 bits per heavy atom. The molecule has 7 heteroatoms. The third-order valence-corrected chi connectivity index (χ3v) is 5.76. The molecular weight excluding hydrogens is 324 g/mol. The van der Waals surface area contributed by atoms with Crippen molar-refractivity contribution in [3.8, 4) is 11.5 Å². The van der Waals surface area contributed by atoms with E-state index in [0.29, 0.717) is 36.4 Å². The van der Waals surface area contributed by atoms with E-state index in [4.69, 9.17) is 14.0 Å². The van der Waals surface area contributed by atoms with Gasteiger partial charge in [0.25, 0.3) is 0 Å². The van der Waals surface area contributed by atoms with Gasteiger partial charge in [-0.3, -0.25) is 0 Å². The maximum Gasteiger partial charge on any atom is 0.525 e. The van der Waals surface area contributed by atoms with E-state index in [1.165, 1.54) is 12.1 Å². The van der Waals surface area contributed by atoms with Crippen LogP contribution in [0, 0.1) is 0 Å². The molecule has 2 N–H and O–H groups in total. The van der Waals surface area contributed by atoms with Gasteiger partial charge in [-0.1, -0.05) is 0 Å². The van der Waals surface area contributed by atoms with Crippen LogP contribution >= 0.6 is 0 Å². The molecule has 0 aromatic heterocycles. The molecule has 0 unspecified atom stereocenters. The van der Waals surface area contributed by atoms with Crippen LogP contribution in [-0.4, -0.2) is 42.1 Å². The molecule has 0 bridgehead atoms. The van der Waals surface area contributed by atoms with Crippen LogP contribution in [-0.2, 0) is 9.31 Å². The van der Waals surface area contributed by atoms with E-state index in [2.05, 4.69) is 5.32 Å². The minimum Gasteiger partial charge on any atom is -0.508 e. The number of rotatable bonds is 1. The number of ether oxygens (including phenoxy) is 1. The molecule has 0 amide bonds. The molecule has 134 valence electrons. The molecule has 2 fully saturated rings. The molecule has 3 heterocycles. The average Bonchev–Trinajstić information content (AvgIpc) is 2.71. The highest BCUT2D eigenvalue weighted by Gasteiger charge is 2.55. The third kappa shape index (κ3) is 2.57. The Labute approximate surface area is 147 Å². The van der Waals surface area contributed by atoms with E-state index in [1.54, 1.807) is 6.07 Å². The van der Waals surface area contributed by atoms with Crippen molar-refractivity contribution in [1.82, 2.24) is 5.32 Å². The van der Waals surface area contributed by atoms with E-state index in [9.17, 15) is 5.11 Å². The van der Waals surface area contributed by atoms with Gasteiger partial charge in [-0.25, -0.2) is 4.39 Å². The fourth-order valence-corrected chi connectivity index (χ4v) is 3.43. The number of nitrogens with one attached hydrogen (secondary N) is 1. The fourth-order valence-electron chi connectivity index (χ4n) is 3.43. The van der Waals surface area contributed by atoms with Crippen LogP contribution in [0.3, 0.4) is 0 Å². The summed E-state index contributed by atoms with van der Waals surface area (Å²) in [6.45, 7) is 8.89. The van der Waals surface area contributed by atoms with Gasteiger partial charge in [-0.15, -0.1) is 0 Å². The summed E-state index contributed by atoms with van der Waals surface area (Å²) >= 11 is 0. The summed E-state index contributed by atoms with van der Waals surface area (Å²) in [5.74, 6) is 0.591. The lowest BCUT2D eigenvalue weighted by Gasteiger charge is -2.46. The number of phenols is 1. The zero-order valence-corrected chi connectivity index (χ0v) is 15.0. The first-order valence-corrected chi connectivity index (χ1v) is 8.60. The van der Waals surface area contributed by atoms with E-state index >= 15 is 4.39 Å². The molecule has 1 spiro atoms. The van der Waals surface area contributed by atoms with Crippen molar-refractivity contribution in [2.45, 2.75) is 50.9 Å². The van der Waals surface area contributed by atoms with Crippen molar-refractivity contribution in [2.24, 2.45) is 0 Å². The minimum absolute atomic E-state index is 0.0958. The molecule has 4 rings (SSSR count). The van der Waals surface area contributed by atoms with Crippen LogP contribution < -0.4 is 10.1 Å². The summed E-state index contributed by atoms with van der Waals surface area (Å²) in [6.07, 6.45) is 0.438. The quantitative estimate of drug-likeness (QED) is 0.765. The number of hydrogen-bond acceptors (Lipinski definition) is 5. The smallest absolute Gasteiger partial charge is 0.508 e. The van der Waals surface area contributed by atoms with Gasteiger partial charge in [-0.2, -0.15) is 0 Å². The zero-order chi connectivity index (χ0) is 18.0. The number of hydrogen-bond donors (Lipinski definition) is 2. The maximum absolute atomic E-state index is 15.5. The molecule has 25 heavy (non-hydrogen) atoms. The molecule has 0 atom stereocenters. The predicted octanol–water partition coefficient (Wildman–Crippen LogP) is 2.83. The Bertz CT molecular complexity index is 741. The Morgan fingerprint density at radius 3 is 2.36 bits per heavy atom. The lowest BCUT2D eigenvalue weighted by molar-refractivity contribution is 0.00578. The molecule has 1 aromatic carbocycles. The van der Waals surface area contributed by atoms with Crippen LogP contribution in [0.1, 0.15) is 39.7 Å². The fraction of sp³-hybridized carbons (Fsp3) is 0.556. The highest BCUT2D eigenvalue weighted by atomic mass is 19.1. The van der Waals surface area contributed by atoms with Gasteiger partial charge < -0.3 is 24.5 Å². The number of fused-ring (bicyclic) bond motifs is 1. The van der Waals surface area contributed by atoms with Gasteiger partial charge in [0.05, 0.1) is 11.2 Å². The Balaban J connectivity index is 1.77. The predicted molar refractivity (Wildman–Crippen MR) is 93.1 cm³/mol. The SMILES string of the molecule is CC1(C)OB(C(F)=C2CC3(CNC3)Oc3cc(O)ccc32)OC1(C)C. The van der Waals surface area contributed by atoms with Gasteiger partial charge >= 0.3 is 7.12 Å².